The zero-order chi connectivity index (χ0) is 45.6. The van der Waals surface area contributed by atoms with E-state index in [2.05, 4.69) is 241 Å². The van der Waals surface area contributed by atoms with Crippen LogP contribution in [0.1, 0.15) is 11.1 Å². The minimum Gasteiger partial charge on any atom is -0.436 e. The molecule has 5 nitrogen and oxygen atoms in total. The van der Waals surface area contributed by atoms with Gasteiger partial charge in [0.05, 0.1) is 11.0 Å². The Morgan fingerprint density at radius 1 is 0.368 bits per heavy atom. The van der Waals surface area contributed by atoms with Crippen molar-refractivity contribution in [2.45, 2.75) is 13.8 Å². The van der Waals surface area contributed by atoms with Gasteiger partial charge < -0.3 is 18.8 Å². The van der Waals surface area contributed by atoms with Gasteiger partial charge in [-0.2, -0.15) is 0 Å². The Hall–Kier alpha value is -8.93. The number of hydrogen-bond donors (Lipinski definition) is 0. The fraction of sp³-hybridized carbons (Fsp3) is 0.0317. The van der Waals surface area contributed by atoms with Crippen LogP contribution in [0.15, 0.2) is 247 Å². The third kappa shape index (κ3) is 7.27. The maximum atomic E-state index is 6.26. The van der Waals surface area contributed by atoms with E-state index in [-0.39, 0.29) is 0 Å². The molecule has 2 heterocycles. The average Bonchev–Trinajstić information content (AvgIpc) is 3.98. The number of aromatic nitrogens is 2. The zero-order valence-corrected chi connectivity index (χ0v) is 37.8. The maximum absolute atomic E-state index is 6.26. The molecule has 2 aromatic heterocycles. The Balaban J connectivity index is 0.962. The number of oxazole rings is 1. The first-order valence-electron chi connectivity index (χ1n) is 23.1. The van der Waals surface area contributed by atoms with E-state index in [4.69, 9.17) is 9.40 Å². The number of benzene rings is 10. The Labute approximate surface area is 396 Å². The second-order valence-corrected chi connectivity index (χ2v) is 17.3. The highest BCUT2D eigenvalue weighted by Crippen LogP contribution is 2.43. The predicted octanol–water partition coefficient (Wildman–Crippen LogP) is 17.5. The first-order valence-corrected chi connectivity index (χ1v) is 23.1. The molecule has 0 fully saturated rings. The highest BCUT2D eigenvalue weighted by atomic mass is 16.3. The van der Waals surface area contributed by atoms with Crippen LogP contribution in [0.2, 0.25) is 0 Å². The van der Waals surface area contributed by atoms with Gasteiger partial charge in [0.15, 0.2) is 5.58 Å². The van der Waals surface area contributed by atoms with Crippen molar-refractivity contribution in [2.24, 2.45) is 0 Å². The Kier molecular flexibility index (Phi) is 10.2. The van der Waals surface area contributed by atoms with Gasteiger partial charge in [0.2, 0.25) is 5.89 Å². The standard InChI is InChI=1S/C63H46N4O/c1-43-44(2)56(47-30-37-59-62(40-47)68-63(64-59)46-18-8-3-9-19-46)36-35-55(43)45-28-31-52(32-29-45)67-60-38-33-53(65(48-20-10-4-11-21-48)49-22-12-5-13-23-49)41-57(60)58-42-54(34-39-61(58)67)66(50-24-14-6-15-25-50)51-26-16-7-17-27-51/h3-42H,1-2H3. The molecule has 0 aliphatic heterocycles. The lowest BCUT2D eigenvalue weighted by Crippen LogP contribution is -2.09. The molecule has 12 aromatic rings. The van der Waals surface area contributed by atoms with Crippen molar-refractivity contribution >= 4 is 67.0 Å². The van der Waals surface area contributed by atoms with E-state index in [1.165, 1.54) is 38.6 Å². The summed E-state index contributed by atoms with van der Waals surface area (Å²) in [5.74, 6) is 0.635. The smallest absolute Gasteiger partial charge is 0.227 e. The Bertz CT molecular complexity index is 3510. The first-order chi connectivity index (χ1) is 33.6. The van der Waals surface area contributed by atoms with Gasteiger partial charge in [0.1, 0.15) is 5.52 Å². The fourth-order valence-electron chi connectivity index (χ4n) is 9.79. The topological polar surface area (TPSA) is 37.4 Å². The summed E-state index contributed by atoms with van der Waals surface area (Å²) in [5, 5.41) is 2.34. The zero-order valence-electron chi connectivity index (χ0n) is 37.8. The number of nitrogens with zero attached hydrogens (tertiary/aromatic N) is 4. The molecule has 0 aliphatic carbocycles. The molecular formula is C63H46N4O. The average molecular weight is 875 g/mol. The van der Waals surface area contributed by atoms with Crippen LogP contribution in [-0.4, -0.2) is 9.55 Å². The summed E-state index contributed by atoms with van der Waals surface area (Å²) in [5.41, 5.74) is 19.7. The summed E-state index contributed by atoms with van der Waals surface area (Å²) in [6.07, 6.45) is 0. The molecule has 0 saturated carbocycles. The highest BCUT2D eigenvalue weighted by Gasteiger charge is 2.21. The maximum Gasteiger partial charge on any atom is 0.227 e. The van der Waals surface area contributed by atoms with Crippen molar-refractivity contribution in [1.82, 2.24) is 9.55 Å². The van der Waals surface area contributed by atoms with Crippen molar-refractivity contribution in [2.75, 3.05) is 9.80 Å². The molecule has 0 aliphatic rings. The molecule has 0 spiro atoms. The number of rotatable bonds is 10. The van der Waals surface area contributed by atoms with E-state index >= 15 is 0 Å². The van der Waals surface area contributed by atoms with E-state index < -0.39 is 0 Å². The molecule has 10 aromatic carbocycles. The predicted molar refractivity (Wildman–Crippen MR) is 283 cm³/mol. The van der Waals surface area contributed by atoms with Gasteiger partial charge in [-0.15, -0.1) is 0 Å². The van der Waals surface area contributed by atoms with Crippen LogP contribution in [0.25, 0.3) is 72.3 Å². The van der Waals surface area contributed by atoms with Gasteiger partial charge in [-0.05, 0) is 169 Å². The van der Waals surface area contributed by atoms with Crippen molar-refractivity contribution in [3.8, 4) is 39.4 Å². The number of fused-ring (bicyclic) bond motifs is 4. The van der Waals surface area contributed by atoms with Crippen LogP contribution in [-0.2, 0) is 0 Å². The SMILES string of the molecule is Cc1c(-c2ccc(-n3c4ccc(N(c5ccccc5)c5ccccc5)cc4c4cc(N(c5ccccc5)c5ccccc5)ccc43)cc2)ccc(-c2ccc3nc(-c4ccccc4)oc3c2)c1C. The normalized spacial score (nSPS) is 11.4. The Morgan fingerprint density at radius 3 is 1.26 bits per heavy atom. The Morgan fingerprint density at radius 2 is 0.794 bits per heavy atom. The molecule has 0 bridgehead atoms. The van der Waals surface area contributed by atoms with Gasteiger partial charge in [-0.3, -0.25) is 0 Å². The third-order valence-corrected chi connectivity index (χ3v) is 13.3. The highest BCUT2D eigenvalue weighted by molar-refractivity contribution is 6.12. The van der Waals surface area contributed by atoms with Crippen LogP contribution in [0.4, 0.5) is 34.1 Å². The van der Waals surface area contributed by atoms with Crippen molar-refractivity contribution in [1.29, 1.82) is 0 Å². The lowest BCUT2D eigenvalue weighted by Gasteiger charge is -2.26. The molecule has 12 rings (SSSR count). The fourth-order valence-corrected chi connectivity index (χ4v) is 9.79. The van der Waals surface area contributed by atoms with Gasteiger partial charge in [0, 0.05) is 56.1 Å². The van der Waals surface area contributed by atoms with E-state index in [0.717, 1.165) is 73.1 Å². The minimum atomic E-state index is 0.635. The van der Waals surface area contributed by atoms with Crippen molar-refractivity contribution in [3.05, 3.63) is 254 Å². The molecule has 324 valence electrons. The molecule has 0 saturated heterocycles. The summed E-state index contributed by atoms with van der Waals surface area (Å²) in [6, 6.07) is 86.2. The largest absolute Gasteiger partial charge is 0.436 e. The minimum absolute atomic E-state index is 0.635. The van der Waals surface area contributed by atoms with Gasteiger partial charge in [0.25, 0.3) is 0 Å². The van der Waals surface area contributed by atoms with Crippen molar-refractivity contribution < 1.29 is 4.42 Å². The van der Waals surface area contributed by atoms with E-state index in [1.807, 2.05) is 30.3 Å². The molecule has 0 N–H and O–H groups in total. The third-order valence-electron chi connectivity index (χ3n) is 13.3. The summed E-state index contributed by atoms with van der Waals surface area (Å²) in [7, 11) is 0. The van der Waals surface area contributed by atoms with Gasteiger partial charge in [-0.25, -0.2) is 4.98 Å². The van der Waals surface area contributed by atoms with Crippen LogP contribution in [0.5, 0.6) is 0 Å². The molecule has 0 radical (unpaired) electrons. The van der Waals surface area contributed by atoms with Crippen LogP contribution >= 0.6 is 0 Å². The number of anilines is 6. The van der Waals surface area contributed by atoms with Gasteiger partial charge in [-0.1, -0.05) is 121 Å². The second kappa shape index (κ2) is 17.1. The number of hydrogen-bond acceptors (Lipinski definition) is 4. The first kappa shape index (κ1) is 40.6. The monoisotopic (exact) mass is 874 g/mol. The molecule has 5 heteroatoms. The molecular weight excluding hydrogens is 829 g/mol. The molecule has 0 amide bonds. The summed E-state index contributed by atoms with van der Waals surface area (Å²) >= 11 is 0. The quantitative estimate of drug-likeness (QED) is 0.137. The second-order valence-electron chi connectivity index (χ2n) is 17.3. The number of para-hydroxylation sites is 4. The van der Waals surface area contributed by atoms with Crippen LogP contribution < -0.4 is 9.80 Å². The molecule has 0 atom stereocenters. The molecule has 68 heavy (non-hydrogen) atoms. The van der Waals surface area contributed by atoms with Crippen molar-refractivity contribution in [3.63, 3.8) is 0 Å². The van der Waals surface area contributed by atoms with E-state index in [9.17, 15) is 0 Å². The summed E-state index contributed by atoms with van der Waals surface area (Å²) in [4.78, 5) is 9.44. The van der Waals surface area contributed by atoms with Crippen LogP contribution in [0, 0.1) is 13.8 Å². The lowest BCUT2D eigenvalue weighted by atomic mass is 9.90. The summed E-state index contributed by atoms with van der Waals surface area (Å²) < 4.78 is 8.68. The summed E-state index contributed by atoms with van der Waals surface area (Å²) in [6.45, 7) is 4.45. The molecule has 0 unspecified atom stereocenters. The lowest BCUT2D eigenvalue weighted by molar-refractivity contribution is 0.620. The van der Waals surface area contributed by atoms with E-state index in [0.29, 0.717) is 5.89 Å². The van der Waals surface area contributed by atoms with E-state index in [1.54, 1.807) is 0 Å². The van der Waals surface area contributed by atoms with Gasteiger partial charge >= 0.3 is 0 Å². The van der Waals surface area contributed by atoms with Crippen LogP contribution in [0.3, 0.4) is 0 Å².